The van der Waals surface area contributed by atoms with Crippen LogP contribution in [0.1, 0.15) is 0 Å². The van der Waals surface area contributed by atoms with E-state index in [9.17, 15) is 0 Å². The van der Waals surface area contributed by atoms with E-state index in [2.05, 4.69) is 25.0 Å². The highest BCUT2D eigenvalue weighted by Crippen LogP contribution is 2.20. The fraction of sp³-hybridized carbons (Fsp3) is 0.0741. The van der Waals surface area contributed by atoms with Crippen molar-refractivity contribution >= 4 is 28.5 Å². The first-order valence-electron chi connectivity index (χ1n) is 10.6. The Labute approximate surface area is 192 Å². The number of allylic oxidation sites excluding steroid dienone is 12. The minimum Gasteiger partial charge on any atom is -0.378 e. The van der Waals surface area contributed by atoms with Crippen LogP contribution in [0.5, 0.6) is 0 Å². The van der Waals surface area contributed by atoms with Gasteiger partial charge in [0.1, 0.15) is 0 Å². The van der Waals surface area contributed by atoms with Crippen molar-refractivity contribution in [2.24, 2.45) is 20.0 Å². The first-order valence-corrected chi connectivity index (χ1v) is 10.6. The van der Waals surface area contributed by atoms with Crippen LogP contribution in [-0.2, 0) is 0 Å². The van der Waals surface area contributed by atoms with Gasteiger partial charge in [0.05, 0.1) is 45.6 Å². The number of aromatic nitrogens is 1. The van der Waals surface area contributed by atoms with E-state index in [0.29, 0.717) is 0 Å². The zero-order chi connectivity index (χ0) is 22.6. The molecule has 0 N–H and O–H groups in total. The molecule has 6 heterocycles. The van der Waals surface area contributed by atoms with Crippen LogP contribution in [0.15, 0.2) is 140 Å². The molecule has 5 aliphatic rings. The smallest absolute Gasteiger partial charge is 0.0659 e. The Morgan fingerprint density at radius 2 is 0.818 bits per heavy atom. The lowest BCUT2D eigenvalue weighted by atomic mass is 10.2. The zero-order valence-corrected chi connectivity index (χ0v) is 18.4. The van der Waals surface area contributed by atoms with Gasteiger partial charge in [0.25, 0.3) is 0 Å². The summed E-state index contributed by atoms with van der Waals surface area (Å²) in [6.45, 7) is 0. The van der Waals surface area contributed by atoms with E-state index >= 15 is 0 Å². The third-order valence-corrected chi connectivity index (χ3v) is 5.09. The molecule has 0 saturated heterocycles. The van der Waals surface area contributed by atoms with Crippen molar-refractivity contribution < 1.29 is 0 Å². The number of hydrogen-bond donors (Lipinski definition) is 0. The van der Waals surface area contributed by atoms with Gasteiger partial charge in [0.15, 0.2) is 0 Å². The van der Waals surface area contributed by atoms with E-state index < -0.39 is 0 Å². The molecule has 1 aromatic heterocycles. The third-order valence-electron chi connectivity index (χ3n) is 5.09. The molecule has 0 aromatic carbocycles. The Hall–Kier alpha value is -4.45. The average Bonchev–Trinajstić information content (AvgIpc) is 3.61. The van der Waals surface area contributed by atoms with Gasteiger partial charge in [-0.15, -0.1) is 0 Å². The Morgan fingerprint density at radius 3 is 1.09 bits per heavy atom. The molecule has 160 valence electrons. The molecule has 0 saturated carbocycles. The molecule has 0 radical (unpaired) electrons. The van der Waals surface area contributed by atoms with Crippen LogP contribution in [0.25, 0.3) is 0 Å². The third kappa shape index (κ3) is 5.07. The van der Waals surface area contributed by atoms with Crippen LogP contribution in [0.3, 0.4) is 0 Å². The maximum atomic E-state index is 4.59. The van der Waals surface area contributed by atoms with Crippen LogP contribution in [-0.4, -0.2) is 41.9 Å². The van der Waals surface area contributed by atoms with E-state index in [-0.39, 0.29) is 0 Å². The van der Waals surface area contributed by atoms with Crippen LogP contribution in [0.2, 0.25) is 0 Å². The number of nitrogens with zero attached hydrogens (tertiary/aromatic N) is 6. The Kier molecular flexibility index (Phi) is 5.55. The van der Waals surface area contributed by atoms with Crippen molar-refractivity contribution in [3.8, 4) is 0 Å². The SMILES string of the molecule is C1=CC2=NC1=CC1=NC(=CC3=NC(=CC4=NC(=C2)C=C4)C=C3)C=C1.CN(C)c1ccncc1. The first-order chi connectivity index (χ1) is 16.1. The highest BCUT2D eigenvalue weighted by Gasteiger charge is 2.11. The quantitative estimate of drug-likeness (QED) is 0.647. The van der Waals surface area contributed by atoms with Crippen LogP contribution in [0.4, 0.5) is 5.69 Å². The summed E-state index contributed by atoms with van der Waals surface area (Å²) < 4.78 is 0. The molecule has 0 spiro atoms. The summed E-state index contributed by atoms with van der Waals surface area (Å²) in [4.78, 5) is 24.3. The van der Waals surface area contributed by atoms with E-state index in [1.165, 1.54) is 5.69 Å². The number of fused-ring (bicyclic) bond motifs is 4. The van der Waals surface area contributed by atoms with Crippen molar-refractivity contribution in [1.82, 2.24) is 4.98 Å². The highest BCUT2D eigenvalue weighted by atomic mass is 15.1. The van der Waals surface area contributed by atoms with E-state index in [1.54, 1.807) is 12.4 Å². The second kappa shape index (κ2) is 8.96. The van der Waals surface area contributed by atoms with Crippen LogP contribution < -0.4 is 4.90 Å². The second-order valence-corrected chi connectivity index (χ2v) is 7.86. The van der Waals surface area contributed by atoms with Crippen molar-refractivity contribution in [3.05, 3.63) is 120 Å². The largest absolute Gasteiger partial charge is 0.378 e. The van der Waals surface area contributed by atoms with Gasteiger partial charge in [-0.3, -0.25) is 4.98 Å². The van der Waals surface area contributed by atoms with Gasteiger partial charge < -0.3 is 4.90 Å². The predicted molar refractivity (Wildman–Crippen MR) is 137 cm³/mol. The molecule has 6 rings (SSSR count). The lowest BCUT2D eigenvalue weighted by Crippen LogP contribution is -2.07. The predicted octanol–water partition coefficient (Wildman–Crippen LogP) is 4.73. The van der Waals surface area contributed by atoms with Gasteiger partial charge >= 0.3 is 0 Å². The molecule has 0 fully saturated rings. The number of aliphatic imine (C=N–C) groups is 4. The molecule has 0 aliphatic carbocycles. The Balaban J connectivity index is 0.000000215. The molecule has 0 atom stereocenters. The molecular weight excluding hydrogens is 408 g/mol. The molecule has 8 bridgehead atoms. The molecular formula is C27H22N6. The molecule has 0 unspecified atom stereocenters. The number of anilines is 1. The van der Waals surface area contributed by atoms with E-state index in [4.69, 9.17) is 0 Å². The lowest BCUT2D eigenvalue weighted by molar-refractivity contribution is 1.12. The Morgan fingerprint density at radius 1 is 0.485 bits per heavy atom. The van der Waals surface area contributed by atoms with E-state index in [1.807, 2.05) is 104 Å². The summed E-state index contributed by atoms with van der Waals surface area (Å²) in [5, 5.41) is 0. The summed E-state index contributed by atoms with van der Waals surface area (Å²) in [5.41, 5.74) is 8.33. The summed E-state index contributed by atoms with van der Waals surface area (Å²) >= 11 is 0. The van der Waals surface area contributed by atoms with Gasteiger partial charge in [0.2, 0.25) is 0 Å². The fourth-order valence-corrected chi connectivity index (χ4v) is 3.47. The first kappa shape index (κ1) is 20.5. The number of rotatable bonds is 1. The molecule has 6 heteroatoms. The van der Waals surface area contributed by atoms with Crippen molar-refractivity contribution in [1.29, 1.82) is 0 Å². The monoisotopic (exact) mass is 430 g/mol. The maximum absolute atomic E-state index is 4.59. The topological polar surface area (TPSA) is 65.6 Å². The van der Waals surface area contributed by atoms with E-state index in [0.717, 1.165) is 45.6 Å². The Bertz CT molecular complexity index is 1170. The van der Waals surface area contributed by atoms with Crippen molar-refractivity contribution in [2.45, 2.75) is 0 Å². The highest BCUT2D eigenvalue weighted by molar-refractivity contribution is 6.14. The molecule has 5 aliphatic heterocycles. The summed E-state index contributed by atoms with van der Waals surface area (Å²) in [5.74, 6) is 0. The minimum atomic E-state index is 0.894. The maximum Gasteiger partial charge on any atom is 0.0659 e. The average molecular weight is 431 g/mol. The van der Waals surface area contributed by atoms with Gasteiger partial charge in [-0.05, 0) is 85.0 Å². The van der Waals surface area contributed by atoms with Crippen LogP contribution >= 0.6 is 0 Å². The standard InChI is InChI=1S/C20H12N4.C7H10N2/c1-2-14-10-16-5-6-18(23-16)12-20-8-7-19(24-20)11-17-4-3-15(22-17)9-13(1)21-14;1-9(2)7-3-5-8-6-4-7/h1-12H;3-6H,1-2H3. The molecule has 6 nitrogen and oxygen atoms in total. The molecule has 33 heavy (non-hydrogen) atoms. The molecule has 1 aromatic rings. The van der Waals surface area contributed by atoms with Crippen LogP contribution in [0, 0.1) is 0 Å². The minimum absolute atomic E-state index is 0.894. The summed E-state index contributed by atoms with van der Waals surface area (Å²) in [6, 6.07) is 3.94. The van der Waals surface area contributed by atoms with Gasteiger partial charge in [-0.2, -0.15) is 0 Å². The number of pyridine rings is 1. The lowest BCUT2D eigenvalue weighted by Gasteiger charge is -2.10. The number of hydrogen-bond acceptors (Lipinski definition) is 6. The summed E-state index contributed by atoms with van der Waals surface area (Å²) in [7, 11) is 4.02. The van der Waals surface area contributed by atoms with Gasteiger partial charge in [0, 0.05) is 32.2 Å². The second-order valence-electron chi connectivity index (χ2n) is 7.86. The summed E-state index contributed by atoms with van der Waals surface area (Å²) in [6.07, 6.45) is 27.4. The van der Waals surface area contributed by atoms with Gasteiger partial charge in [-0.1, -0.05) is 0 Å². The molecule has 0 amide bonds. The van der Waals surface area contributed by atoms with Crippen molar-refractivity contribution in [2.75, 3.05) is 19.0 Å². The van der Waals surface area contributed by atoms with Crippen molar-refractivity contribution in [3.63, 3.8) is 0 Å². The zero-order valence-electron chi connectivity index (χ0n) is 18.4. The fourth-order valence-electron chi connectivity index (χ4n) is 3.47. The normalized spacial score (nSPS) is 19.0. The van der Waals surface area contributed by atoms with Gasteiger partial charge in [-0.25, -0.2) is 20.0 Å².